The van der Waals surface area contributed by atoms with Crippen molar-refractivity contribution >= 4 is 27.3 Å². The number of likely N-dealkylation sites (N-methyl/N-ethyl adjacent to an activating group) is 1. The number of rotatable bonds is 11. The molecular weight excluding hydrogens is 400 g/mol. The molecule has 0 radical (unpaired) electrons. The lowest BCUT2D eigenvalue weighted by Crippen LogP contribution is -2.37. The summed E-state index contributed by atoms with van der Waals surface area (Å²) in [4.78, 5) is 12.2. The van der Waals surface area contributed by atoms with Crippen LogP contribution in [0.5, 0.6) is 11.5 Å². The maximum atomic E-state index is 12.4. The lowest BCUT2D eigenvalue weighted by Gasteiger charge is -2.16. The van der Waals surface area contributed by atoms with Crippen LogP contribution in [0.4, 0.5) is 0 Å². The van der Waals surface area contributed by atoms with Gasteiger partial charge in [-0.25, -0.2) is 8.42 Å². The number of ether oxygens (including phenoxy) is 2. The Bertz CT molecular complexity index is 866. The molecule has 1 aromatic heterocycles. The normalized spacial score (nSPS) is 11.4. The van der Waals surface area contributed by atoms with Crippen molar-refractivity contribution in [3.05, 3.63) is 41.3 Å². The minimum atomic E-state index is -3.65. The molecule has 1 aromatic carbocycles. The molecule has 1 amide bonds. The first-order valence-corrected chi connectivity index (χ1v) is 11.3. The maximum Gasteiger partial charge on any atom is 0.252 e. The second-order valence-corrected chi connectivity index (χ2v) is 9.38. The van der Waals surface area contributed by atoms with Gasteiger partial charge in [-0.15, -0.1) is 11.3 Å². The highest BCUT2D eigenvalue weighted by Gasteiger charge is 2.23. The summed E-state index contributed by atoms with van der Waals surface area (Å²) in [5.74, 6) is 0.873. The zero-order chi connectivity index (χ0) is 20.6. The molecule has 0 aliphatic heterocycles. The maximum absolute atomic E-state index is 12.4. The minimum Gasteiger partial charge on any atom is -0.493 e. The lowest BCUT2D eigenvalue weighted by atomic mass is 10.2. The molecule has 0 saturated carbocycles. The molecule has 0 aliphatic carbocycles. The van der Waals surface area contributed by atoms with E-state index in [1.165, 1.54) is 13.1 Å². The number of hydrogen-bond donors (Lipinski definition) is 1. The molecule has 0 bridgehead atoms. The Hall–Kier alpha value is -2.10. The number of carbonyl (C=O) groups is 1. The highest BCUT2D eigenvalue weighted by molar-refractivity contribution is 7.91. The van der Waals surface area contributed by atoms with Gasteiger partial charge in [0.15, 0.2) is 11.5 Å². The predicted molar refractivity (Wildman–Crippen MR) is 109 cm³/mol. The van der Waals surface area contributed by atoms with Crippen LogP contribution >= 0.6 is 11.3 Å². The third-order valence-electron chi connectivity index (χ3n) is 4.00. The third-order valence-corrected chi connectivity index (χ3v) is 7.18. The Morgan fingerprint density at radius 2 is 2.04 bits per heavy atom. The van der Waals surface area contributed by atoms with Crippen molar-refractivity contribution < 1.29 is 22.7 Å². The number of benzene rings is 1. The highest BCUT2D eigenvalue weighted by atomic mass is 32.2. The van der Waals surface area contributed by atoms with Gasteiger partial charge in [-0.05, 0) is 35.6 Å². The fourth-order valence-electron chi connectivity index (χ4n) is 2.38. The molecule has 2 rings (SSSR count). The van der Waals surface area contributed by atoms with E-state index in [-0.39, 0.29) is 23.2 Å². The molecule has 0 spiro atoms. The molecule has 0 saturated heterocycles. The fourth-order valence-corrected chi connectivity index (χ4v) is 4.70. The zero-order valence-corrected chi connectivity index (χ0v) is 17.9. The highest BCUT2D eigenvalue weighted by Crippen LogP contribution is 2.28. The van der Waals surface area contributed by atoms with E-state index in [2.05, 4.69) is 12.2 Å². The van der Waals surface area contributed by atoms with Crippen LogP contribution in [0.15, 0.2) is 39.9 Å². The number of thiophene rings is 1. The van der Waals surface area contributed by atoms with E-state index >= 15 is 0 Å². The average molecular weight is 427 g/mol. The number of carbonyl (C=O) groups excluding carboxylic acids is 1. The molecule has 0 unspecified atom stereocenters. The predicted octanol–water partition coefficient (Wildman–Crippen LogP) is 2.87. The van der Waals surface area contributed by atoms with Gasteiger partial charge in [-0.1, -0.05) is 25.5 Å². The van der Waals surface area contributed by atoms with Gasteiger partial charge in [0.05, 0.1) is 20.3 Å². The van der Waals surface area contributed by atoms with Gasteiger partial charge in [-0.3, -0.25) is 4.79 Å². The summed E-state index contributed by atoms with van der Waals surface area (Å²) >= 11 is 1.12. The molecule has 0 aliphatic rings. The molecule has 154 valence electrons. The first kappa shape index (κ1) is 22.2. The number of nitrogens with one attached hydrogen (secondary N) is 1. The smallest absolute Gasteiger partial charge is 0.252 e. The van der Waals surface area contributed by atoms with Gasteiger partial charge >= 0.3 is 0 Å². The summed E-state index contributed by atoms with van der Waals surface area (Å²) in [5, 5.41) is 4.42. The van der Waals surface area contributed by atoms with Gasteiger partial charge in [0.2, 0.25) is 5.91 Å². The van der Waals surface area contributed by atoms with Crippen molar-refractivity contribution in [2.24, 2.45) is 0 Å². The molecule has 1 N–H and O–H groups in total. The Morgan fingerprint density at radius 3 is 2.68 bits per heavy atom. The van der Waals surface area contributed by atoms with Crippen LogP contribution in [-0.4, -0.2) is 45.9 Å². The molecule has 0 atom stereocenters. The average Bonchev–Trinajstić information content (AvgIpc) is 3.22. The van der Waals surface area contributed by atoms with Crippen LogP contribution in [0.1, 0.15) is 25.3 Å². The Kier molecular flexibility index (Phi) is 8.28. The molecule has 28 heavy (non-hydrogen) atoms. The van der Waals surface area contributed by atoms with Gasteiger partial charge in [0.1, 0.15) is 4.21 Å². The van der Waals surface area contributed by atoms with Crippen LogP contribution in [0.2, 0.25) is 0 Å². The van der Waals surface area contributed by atoms with E-state index in [0.29, 0.717) is 18.1 Å². The van der Waals surface area contributed by atoms with E-state index in [4.69, 9.17) is 9.47 Å². The lowest BCUT2D eigenvalue weighted by molar-refractivity contribution is -0.121. The van der Waals surface area contributed by atoms with Crippen LogP contribution in [0.25, 0.3) is 0 Å². The number of hydrogen-bond acceptors (Lipinski definition) is 6. The summed E-state index contributed by atoms with van der Waals surface area (Å²) < 4.78 is 37.0. The molecular formula is C19H26N2O5S2. The van der Waals surface area contributed by atoms with Crippen molar-refractivity contribution in [1.29, 1.82) is 0 Å². The Morgan fingerprint density at radius 1 is 1.25 bits per heavy atom. The molecule has 7 nitrogen and oxygen atoms in total. The van der Waals surface area contributed by atoms with Crippen molar-refractivity contribution in [3.63, 3.8) is 0 Å². The van der Waals surface area contributed by atoms with Crippen LogP contribution in [0, 0.1) is 0 Å². The molecule has 9 heteroatoms. The van der Waals surface area contributed by atoms with Crippen molar-refractivity contribution in [1.82, 2.24) is 9.62 Å². The second kappa shape index (κ2) is 10.4. The monoisotopic (exact) mass is 426 g/mol. The van der Waals surface area contributed by atoms with Crippen molar-refractivity contribution in [2.75, 3.05) is 27.3 Å². The largest absolute Gasteiger partial charge is 0.493 e. The topological polar surface area (TPSA) is 84.9 Å². The number of methoxy groups -OCH3 is 1. The van der Waals surface area contributed by atoms with E-state index in [9.17, 15) is 13.2 Å². The van der Waals surface area contributed by atoms with Crippen LogP contribution in [0.3, 0.4) is 0 Å². The summed E-state index contributed by atoms with van der Waals surface area (Å²) in [5.41, 5.74) is 0.830. The minimum absolute atomic E-state index is 0.214. The summed E-state index contributed by atoms with van der Waals surface area (Å²) in [6.45, 7) is 2.72. The van der Waals surface area contributed by atoms with Gasteiger partial charge in [0.25, 0.3) is 10.0 Å². The SMILES string of the molecule is CCCCOc1ccc(CNC(=O)CN(C)S(=O)(=O)c2cccs2)cc1OC. The quantitative estimate of drug-likeness (QED) is 0.559. The molecule has 1 heterocycles. The standard InChI is InChI=1S/C19H26N2O5S2/c1-4-5-10-26-16-9-8-15(12-17(16)25-3)13-20-18(22)14-21(2)28(23,24)19-7-6-11-27-19/h6-9,11-12H,4-5,10,13-14H2,1-3H3,(H,20,22). The first-order chi connectivity index (χ1) is 13.4. The second-order valence-electron chi connectivity index (χ2n) is 6.16. The summed E-state index contributed by atoms with van der Waals surface area (Å²) in [6.07, 6.45) is 2.01. The third kappa shape index (κ3) is 5.95. The van der Waals surface area contributed by atoms with E-state index in [0.717, 1.165) is 34.0 Å². The van der Waals surface area contributed by atoms with Gasteiger partial charge < -0.3 is 14.8 Å². The van der Waals surface area contributed by atoms with E-state index < -0.39 is 10.0 Å². The number of nitrogens with zero attached hydrogens (tertiary/aromatic N) is 1. The Balaban J connectivity index is 1.91. The van der Waals surface area contributed by atoms with Gasteiger partial charge in [-0.2, -0.15) is 4.31 Å². The van der Waals surface area contributed by atoms with Gasteiger partial charge in [0, 0.05) is 13.6 Å². The fraction of sp³-hybridized carbons (Fsp3) is 0.421. The van der Waals surface area contributed by atoms with E-state index in [1.807, 2.05) is 12.1 Å². The molecule has 2 aromatic rings. The van der Waals surface area contributed by atoms with Crippen molar-refractivity contribution in [3.8, 4) is 11.5 Å². The Labute approximate surface area is 170 Å². The zero-order valence-electron chi connectivity index (χ0n) is 16.3. The molecule has 0 fully saturated rings. The number of sulfonamides is 1. The summed E-state index contributed by atoms with van der Waals surface area (Å²) in [7, 11) is -0.693. The van der Waals surface area contributed by atoms with Crippen LogP contribution in [-0.2, 0) is 21.4 Å². The number of unbranched alkanes of at least 4 members (excludes halogenated alkanes) is 1. The summed E-state index contributed by atoms with van der Waals surface area (Å²) in [6, 6.07) is 8.63. The van der Waals surface area contributed by atoms with Crippen LogP contribution < -0.4 is 14.8 Å². The number of amides is 1. The van der Waals surface area contributed by atoms with Crippen molar-refractivity contribution in [2.45, 2.75) is 30.5 Å². The first-order valence-electron chi connectivity index (χ1n) is 8.94. The van der Waals surface area contributed by atoms with E-state index in [1.54, 1.807) is 24.6 Å².